The maximum Gasteiger partial charge on any atom is 0.180 e. The van der Waals surface area contributed by atoms with Crippen LogP contribution in [0.1, 0.15) is 5.56 Å². The highest BCUT2D eigenvalue weighted by Crippen LogP contribution is 2.26. The van der Waals surface area contributed by atoms with Gasteiger partial charge in [-0.3, -0.25) is 4.90 Å². The smallest absolute Gasteiger partial charge is 0.180 e. The third-order valence-corrected chi connectivity index (χ3v) is 4.88. The monoisotopic (exact) mass is 337 g/mol. The summed E-state index contributed by atoms with van der Waals surface area (Å²) in [5.41, 5.74) is 2.18. The molecular formula is C20H23N3O2. The largest absolute Gasteiger partial charge is 0.497 e. The Morgan fingerprint density at radius 3 is 2.72 bits per heavy atom. The Kier molecular flexibility index (Phi) is 4.57. The number of nitrogens with zero attached hydrogens (tertiary/aromatic N) is 3. The lowest BCUT2D eigenvalue weighted by molar-refractivity contribution is 0.259. The standard InChI is InChI=1S/C20H23N3O2/c1-24-17-6-4-5-16(15-17)9-10-22-11-13-23(14-12-22)20-18-7-2-3-8-19(18)25-21-20/h2-8,15H,9-14H2,1H3. The van der Waals surface area contributed by atoms with E-state index in [-0.39, 0.29) is 0 Å². The van der Waals surface area contributed by atoms with Gasteiger partial charge in [0.05, 0.1) is 12.5 Å². The second-order valence-electron chi connectivity index (χ2n) is 6.43. The normalized spacial score (nSPS) is 15.6. The minimum absolute atomic E-state index is 0.859. The number of hydrogen-bond donors (Lipinski definition) is 0. The summed E-state index contributed by atoms with van der Waals surface area (Å²) >= 11 is 0. The van der Waals surface area contributed by atoms with Gasteiger partial charge in [0.15, 0.2) is 11.4 Å². The second kappa shape index (κ2) is 7.15. The lowest BCUT2D eigenvalue weighted by Crippen LogP contribution is -2.47. The highest BCUT2D eigenvalue weighted by molar-refractivity contribution is 5.88. The van der Waals surface area contributed by atoms with Crippen molar-refractivity contribution < 1.29 is 9.26 Å². The van der Waals surface area contributed by atoms with Gasteiger partial charge in [0.1, 0.15) is 5.75 Å². The molecule has 2 heterocycles. The van der Waals surface area contributed by atoms with Crippen molar-refractivity contribution in [3.63, 3.8) is 0 Å². The maximum atomic E-state index is 5.44. The zero-order valence-corrected chi connectivity index (χ0v) is 14.5. The molecule has 0 bridgehead atoms. The number of rotatable bonds is 5. The number of ether oxygens (including phenoxy) is 1. The fraction of sp³-hybridized carbons (Fsp3) is 0.350. The molecule has 0 amide bonds. The van der Waals surface area contributed by atoms with E-state index in [1.165, 1.54) is 5.56 Å². The average molecular weight is 337 g/mol. The summed E-state index contributed by atoms with van der Waals surface area (Å²) < 4.78 is 10.7. The van der Waals surface area contributed by atoms with Crippen molar-refractivity contribution in [1.82, 2.24) is 10.1 Å². The predicted molar refractivity (Wildman–Crippen MR) is 99.4 cm³/mol. The van der Waals surface area contributed by atoms with Gasteiger partial charge in [-0.1, -0.05) is 29.4 Å². The zero-order valence-electron chi connectivity index (χ0n) is 14.5. The molecule has 3 aromatic rings. The molecule has 0 spiro atoms. The molecule has 0 radical (unpaired) electrons. The van der Waals surface area contributed by atoms with Crippen LogP contribution in [0.2, 0.25) is 0 Å². The van der Waals surface area contributed by atoms with E-state index in [2.05, 4.69) is 39.2 Å². The maximum absolute atomic E-state index is 5.44. The first-order chi connectivity index (χ1) is 12.3. The van der Waals surface area contributed by atoms with Crippen LogP contribution in [-0.4, -0.2) is 49.9 Å². The summed E-state index contributed by atoms with van der Waals surface area (Å²) in [5.74, 6) is 1.91. The van der Waals surface area contributed by atoms with Gasteiger partial charge in [0, 0.05) is 32.7 Å². The molecule has 1 aliphatic heterocycles. The second-order valence-corrected chi connectivity index (χ2v) is 6.43. The number of methoxy groups -OCH3 is 1. The number of aromatic nitrogens is 1. The van der Waals surface area contributed by atoms with Crippen molar-refractivity contribution in [1.29, 1.82) is 0 Å². The molecule has 0 atom stereocenters. The van der Waals surface area contributed by atoms with Gasteiger partial charge >= 0.3 is 0 Å². The molecule has 4 rings (SSSR count). The molecule has 1 aromatic heterocycles. The van der Waals surface area contributed by atoms with Gasteiger partial charge in [-0.15, -0.1) is 0 Å². The van der Waals surface area contributed by atoms with E-state index < -0.39 is 0 Å². The fourth-order valence-electron chi connectivity index (χ4n) is 3.40. The summed E-state index contributed by atoms with van der Waals surface area (Å²) in [4.78, 5) is 4.84. The first kappa shape index (κ1) is 16.0. The van der Waals surface area contributed by atoms with Crippen molar-refractivity contribution in [2.24, 2.45) is 0 Å². The summed E-state index contributed by atoms with van der Waals surface area (Å²) in [7, 11) is 1.71. The first-order valence-electron chi connectivity index (χ1n) is 8.78. The molecule has 0 N–H and O–H groups in total. The van der Waals surface area contributed by atoms with Crippen LogP contribution in [0.3, 0.4) is 0 Å². The molecule has 0 saturated carbocycles. The number of piperazine rings is 1. The van der Waals surface area contributed by atoms with Crippen LogP contribution in [0.25, 0.3) is 11.0 Å². The van der Waals surface area contributed by atoms with E-state index >= 15 is 0 Å². The molecule has 25 heavy (non-hydrogen) atoms. The van der Waals surface area contributed by atoms with Gasteiger partial charge < -0.3 is 14.2 Å². The SMILES string of the molecule is COc1cccc(CCN2CCN(c3noc4ccccc34)CC2)c1. The third kappa shape index (κ3) is 3.46. The Labute approximate surface area is 147 Å². The Hall–Kier alpha value is -2.53. The van der Waals surface area contributed by atoms with Gasteiger partial charge in [0.25, 0.3) is 0 Å². The molecule has 5 nitrogen and oxygen atoms in total. The molecule has 0 unspecified atom stereocenters. The summed E-state index contributed by atoms with van der Waals surface area (Å²) in [6, 6.07) is 16.4. The molecule has 1 saturated heterocycles. The average Bonchev–Trinajstić information content (AvgIpc) is 3.11. The quantitative estimate of drug-likeness (QED) is 0.715. The number of benzene rings is 2. The minimum Gasteiger partial charge on any atom is -0.497 e. The fourth-order valence-corrected chi connectivity index (χ4v) is 3.40. The Morgan fingerprint density at radius 1 is 1.04 bits per heavy atom. The molecule has 2 aromatic carbocycles. The summed E-state index contributed by atoms with van der Waals surface area (Å²) in [5, 5.41) is 5.38. The Morgan fingerprint density at radius 2 is 1.88 bits per heavy atom. The van der Waals surface area contributed by atoms with E-state index in [4.69, 9.17) is 9.26 Å². The van der Waals surface area contributed by atoms with Crippen molar-refractivity contribution in [2.45, 2.75) is 6.42 Å². The topological polar surface area (TPSA) is 41.7 Å². The van der Waals surface area contributed by atoms with Crippen molar-refractivity contribution in [2.75, 3.05) is 44.7 Å². The molecule has 5 heteroatoms. The minimum atomic E-state index is 0.859. The summed E-state index contributed by atoms with van der Waals surface area (Å²) in [6.07, 6.45) is 1.05. The Bertz CT molecular complexity index is 838. The van der Waals surface area contributed by atoms with Crippen molar-refractivity contribution in [3.8, 4) is 5.75 Å². The highest BCUT2D eigenvalue weighted by Gasteiger charge is 2.21. The number of fused-ring (bicyclic) bond motifs is 1. The zero-order chi connectivity index (χ0) is 17.1. The van der Waals surface area contributed by atoms with Crippen LogP contribution in [0, 0.1) is 0 Å². The lowest BCUT2D eigenvalue weighted by Gasteiger charge is -2.34. The van der Waals surface area contributed by atoms with Crippen LogP contribution < -0.4 is 9.64 Å². The molecule has 0 aliphatic carbocycles. The molecule has 130 valence electrons. The first-order valence-corrected chi connectivity index (χ1v) is 8.78. The third-order valence-electron chi connectivity index (χ3n) is 4.88. The van der Waals surface area contributed by atoms with Crippen LogP contribution >= 0.6 is 0 Å². The van der Waals surface area contributed by atoms with Crippen LogP contribution in [-0.2, 0) is 6.42 Å². The number of anilines is 1. The van der Waals surface area contributed by atoms with E-state index in [1.54, 1.807) is 7.11 Å². The van der Waals surface area contributed by atoms with Crippen LogP contribution in [0.5, 0.6) is 5.75 Å². The van der Waals surface area contributed by atoms with E-state index in [0.29, 0.717) is 0 Å². The predicted octanol–water partition coefficient (Wildman–Crippen LogP) is 3.20. The lowest BCUT2D eigenvalue weighted by atomic mass is 10.1. The van der Waals surface area contributed by atoms with Gasteiger partial charge in [-0.05, 0) is 36.2 Å². The van der Waals surface area contributed by atoms with Gasteiger partial charge in [-0.25, -0.2) is 0 Å². The van der Waals surface area contributed by atoms with E-state index in [9.17, 15) is 0 Å². The molecule has 1 aliphatic rings. The summed E-state index contributed by atoms with van der Waals surface area (Å²) in [6.45, 7) is 5.13. The molecule has 1 fully saturated rings. The van der Waals surface area contributed by atoms with Crippen LogP contribution in [0.15, 0.2) is 53.1 Å². The van der Waals surface area contributed by atoms with E-state index in [0.717, 1.165) is 61.7 Å². The van der Waals surface area contributed by atoms with Gasteiger partial charge in [-0.2, -0.15) is 0 Å². The van der Waals surface area contributed by atoms with Crippen molar-refractivity contribution in [3.05, 3.63) is 54.1 Å². The van der Waals surface area contributed by atoms with Crippen LogP contribution in [0.4, 0.5) is 5.82 Å². The molecular weight excluding hydrogens is 314 g/mol. The number of para-hydroxylation sites is 1. The van der Waals surface area contributed by atoms with Gasteiger partial charge in [0.2, 0.25) is 0 Å². The Balaban J connectivity index is 1.34. The number of hydrogen-bond acceptors (Lipinski definition) is 5. The van der Waals surface area contributed by atoms with Crippen molar-refractivity contribution >= 4 is 16.8 Å². The van der Waals surface area contributed by atoms with E-state index in [1.807, 2.05) is 24.3 Å². The highest BCUT2D eigenvalue weighted by atomic mass is 16.5.